The summed E-state index contributed by atoms with van der Waals surface area (Å²) < 4.78 is 0. The molecule has 3 rings (SSSR count). The van der Waals surface area contributed by atoms with E-state index >= 15 is 0 Å². The van der Waals surface area contributed by atoms with Crippen LogP contribution in [0.5, 0.6) is 5.75 Å². The SMILES string of the molecule is CCC[C@@H]1NC(=O)[C@@H](C(C)C)NC(=O)[C@@H](Cc2ccc(O)cc2)NCCc2ccccc2CCCNC1=O. The number of carbonyl (C=O) groups is 3. The molecule has 0 aromatic heterocycles. The van der Waals surface area contributed by atoms with Crippen LogP contribution in [0.15, 0.2) is 48.5 Å². The number of phenolic OH excluding ortho intramolecular Hbond substituents is 1. The molecule has 8 heteroatoms. The smallest absolute Gasteiger partial charge is 0.243 e. The minimum absolute atomic E-state index is 0.166. The van der Waals surface area contributed by atoms with Gasteiger partial charge in [0.25, 0.3) is 0 Å². The predicted octanol–water partition coefficient (Wildman–Crippen LogP) is 2.62. The van der Waals surface area contributed by atoms with Crippen LogP contribution in [0, 0.1) is 5.92 Å². The number of aromatic hydroxyl groups is 1. The van der Waals surface area contributed by atoms with Crippen LogP contribution in [-0.4, -0.2) is 54.0 Å². The maximum Gasteiger partial charge on any atom is 0.243 e. The molecule has 0 unspecified atom stereocenters. The van der Waals surface area contributed by atoms with Gasteiger partial charge in [-0.15, -0.1) is 0 Å². The molecule has 1 heterocycles. The van der Waals surface area contributed by atoms with Crippen molar-refractivity contribution in [2.45, 2.75) is 77.4 Å². The fourth-order valence-corrected chi connectivity index (χ4v) is 4.77. The Bertz CT molecular complexity index is 1070. The molecule has 0 radical (unpaired) electrons. The molecule has 0 fully saturated rings. The molecule has 2 aromatic rings. The number of rotatable bonds is 5. The standard InChI is InChI=1S/C30H42N4O4/c1-4-8-25-28(36)32-17-7-11-22-9-5-6-10-23(22)16-18-31-26(19-21-12-14-24(35)15-13-21)29(37)34-27(20(2)3)30(38)33-25/h5-6,9-10,12-15,20,25-27,31,35H,4,7-8,11,16-19H2,1-3H3,(H,32,36)(H,33,38)(H,34,37)/t25-,26+,27+/m0/s1. The molecule has 5 N–H and O–H groups in total. The highest BCUT2D eigenvalue weighted by Gasteiger charge is 2.30. The van der Waals surface area contributed by atoms with Crippen LogP contribution in [0.1, 0.15) is 56.7 Å². The third kappa shape index (κ3) is 8.58. The van der Waals surface area contributed by atoms with Gasteiger partial charge in [-0.05, 0) is 73.4 Å². The molecule has 0 bridgehead atoms. The lowest BCUT2D eigenvalue weighted by Crippen LogP contribution is -2.58. The molecule has 38 heavy (non-hydrogen) atoms. The first-order valence-electron chi connectivity index (χ1n) is 13.7. The summed E-state index contributed by atoms with van der Waals surface area (Å²) in [6, 6.07) is 13.0. The van der Waals surface area contributed by atoms with Crippen LogP contribution >= 0.6 is 0 Å². The highest BCUT2D eigenvalue weighted by molar-refractivity contribution is 5.93. The van der Waals surface area contributed by atoms with E-state index in [1.165, 1.54) is 11.1 Å². The molecule has 1 aliphatic heterocycles. The quantitative estimate of drug-likeness (QED) is 0.414. The van der Waals surface area contributed by atoms with Crippen molar-refractivity contribution in [3.63, 3.8) is 0 Å². The van der Waals surface area contributed by atoms with E-state index in [2.05, 4.69) is 33.4 Å². The van der Waals surface area contributed by atoms with Gasteiger partial charge in [-0.3, -0.25) is 14.4 Å². The Hall–Kier alpha value is -3.39. The molecule has 0 saturated heterocycles. The number of amides is 3. The van der Waals surface area contributed by atoms with Gasteiger partial charge in [-0.2, -0.15) is 0 Å². The lowest BCUT2D eigenvalue weighted by molar-refractivity contribution is -0.133. The van der Waals surface area contributed by atoms with E-state index < -0.39 is 18.1 Å². The van der Waals surface area contributed by atoms with Crippen LogP contribution in [0.4, 0.5) is 0 Å². The number of phenols is 1. The molecular formula is C30H42N4O4. The Morgan fingerprint density at radius 2 is 1.53 bits per heavy atom. The van der Waals surface area contributed by atoms with Gasteiger partial charge >= 0.3 is 0 Å². The van der Waals surface area contributed by atoms with E-state index in [1.54, 1.807) is 24.3 Å². The second kappa shape index (κ2) is 14.5. The van der Waals surface area contributed by atoms with Crippen molar-refractivity contribution in [2.24, 2.45) is 5.92 Å². The summed E-state index contributed by atoms with van der Waals surface area (Å²) in [7, 11) is 0. The average Bonchev–Trinajstić information content (AvgIpc) is 2.89. The van der Waals surface area contributed by atoms with Gasteiger partial charge in [0.15, 0.2) is 0 Å². The second-order valence-corrected chi connectivity index (χ2v) is 10.4. The number of hydrogen-bond donors (Lipinski definition) is 5. The molecule has 0 aliphatic carbocycles. The van der Waals surface area contributed by atoms with Gasteiger partial charge in [-0.25, -0.2) is 0 Å². The van der Waals surface area contributed by atoms with Crippen molar-refractivity contribution in [1.29, 1.82) is 0 Å². The van der Waals surface area contributed by atoms with Gasteiger partial charge in [0.05, 0.1) is 6.04 Å². The number of nitrogens with one attached hydrogen (secondary N) is 4. The van der Waals surface area contributed by atoms with E-state index in [0.717, 1.165) is 31.2 Å². The van der Waals surface area contributed by atoms with Crippen LogP contribution in [0.2, 0.25) is 0 Å². The average molecular weight is 523 g/mol. The first-order valence-corrected chi connectivity index (χ1v) is 13.7. The highest BCUT2D eigenvalue weighted by atomic mass is 16.3. The number of carbonyl (C=O) groups excluding carboxylic acids is 3. The summed E-state index contributed by atoms with van der Waals surface area (Å²) in [6.45, 7) is 6.84. The van der Waals surface area contributed by atoms with E-state index in [4.69, 9.17) is 0 Å². The van der Waals surface area contributed by atoms with Gasteiger partial charge in [0.1, 0.15) is 17.8 Å². The van der Waals surface area contributed by atoms with Crippen LogP contribution in [-0.2, 0) is 33.6 Å². The van der Waals surface area contributed by atoms with Crippen LogP contribution in [0.25, 0.3) is 0 Å². The van der Waals surface area contributed by atoms with Gasteiger partial charge in [0, 0.05) is 6.54 Å². The summed E-state index contributed by atoms with van der Waals surface area (Å²) in [6.07, 6.45) is 4.03. The maximum absolute atomic E-state index is 13.5. The molecule has 3 atom stereocenters. The fraction of sp³-hybridized carbons (Fsp3) is 0.500. The first-order chi connectivity index (χ1) is 18.3. The predicted molar refractivity (Wildman–Crippen MR) is 149 cm³/mol. The zero-order chi connectivity index (χ0) is 27.5. The zero-order valence-electron chi connectivity index (χ0n) is 22.8. The maximum atomic E-state index is 13.5. The van der Waals surface area contributed by atoms with E-state index in [-0.39, 0.29) is 29.4 Å². The van der Waals surface area contributed by atoms with Gasteiger partial charge in [-0.1, -0.05) is 63.6 Å². The first kappa shape index (κ1) is 29.2. The minimum atomic E-state index is -0.782. The third-order valence-electron chi connectivity index (χ3n) is 6.98. The summed E-state index contributed by atoms with van der Waals surface area (Å²) in [5, 5.41) is 21.9. The second-order valence-electron chi connectivity index (χ2n) is 10.4. The molecular weight excluding hydrogens is 480 g/mol. The molecule has 1 aliphatic rings. The van der Waals surface area contributed by atoms with E-state index in [0.29, 0.717) is 25.9 Å². The lowest BCUT2D eigenvalue weighted by Gasteiger charge is -2.27. The van der Waals surface area contributed by atoms with Crippen molar-refractivity contribution >= 4 is 17.7 Å². The van der Waals surface area contributed by atoms with Crippen LogP contribution < -0.4 is 21.3 Å². The highest BCUT2D eigenvalue weighted by Crippen LogP contribution is 2.14. The number of hydrogen-bond acceptors (Lipinski definition) is 5. The summed E-state index contributed by atoms with van der Waals surface area (Å²) in [5.41, 5.74) is 3.33. The third-order valence-corrected chi connectivity index (χ3v) is 6.98. The molecule has 8 nitrogen and oxygen atoms in total. The number of aryl methyl sites for hydroxylation is 1. The Kier molecular flexibility index (Phi) is 11.1. The van der Waals surface area contributed by atoms with Gasteiger partial charge < -0.3 is 26.4 Å². The summed E-state index contributed by atoms with van der Waals surface area (Å²) in [4.78, 5) is 39.7. The molecule has 206 valence electrons. The van der Waals surface area contributed by atoms with Crippen molar-refractivity contribution in [3.05, 3.63) is 65.2 Å². The zero-order valence-corrected chi connectivity index (χ0v) is 22.8. The molecule has 0 spiro atoms. The van der Waals surface area contributed by atoms with Crippen LogP contribution in [0.3, 0.4) is 0 Å². The summed E-state index contributed by atoms with van der Waals surface area (Å²) >= 11 is 0. The Morgan fingerprint density at radius 3 is 2.18 bits per heavy atom. The fourth-order valence-electron chi connectivity index (χ4n) is 4.77. The van der Waals surface area contributed by atoms with E-state index in [9.17, 15) is 19.5 Å². The summed E-state index contributed by atoms with van der Waals surface area (Å²) in [5.74, 6) is -0.840. The Morgan fingerprint density at radius 1 is 0.842 bits per heavy atom. The molecule has 2 aromatic carbocycles. The number of benzene rings is 2. The largest absolute Gasteiger partial charge is 0.508 e. The number of fused-ring (bicyclic) bond motifs is 1. The molecule has 3 amide bonds. The molecule has 0 saturated carbocycles. The van der Waals surface area contributed by atoms with Gasteiger partial charge in [0.2, 0.25) is 17.7 Å². The monoisotopic (exact) mass is 522 g/mol. The van der Waals surface area contributed by atoms with E-state index in [1.807, 2.05) is 32.9 Å². The van der Waals surface area contributed by atoms with Crippen molar-refractivity contribution in [3.8, 4) is 5.75 Å². The van der Waals surface area contributed by atoms with Crippen molar-refractivity contribution in [1.82, 2.24) is 21.3 Å². The van der Waals surface area contributed by atoms with Crippen molar-refractivity contribution in [2.75, 3.05) is 13.1 Å². The van der Waals surface area contributed by atoms with Crippen molar-refractivity contribution < 1.29 is 19.5 Å². The normalized spacial score (nSPS) is 22.1. The topological polar surface area (TPSA) is 120 Å². The minimum Gasteiger partial charge on any atom is -0.508 e. The lowest BCUT2D eigenvalue weighted by atomic mass is 9.99. The Balaban J connectivity index is 1.88. The Labute approximate surface area is 226 Å².